The summed E-state index contributed by atoms with van der Waals surface area (Å²) >= 11 is 0. The molecular weight excluding hydrogens is 124 g/mol. The summed E-state index contributed by atoms with van der Waals surface area (Å²) in [5.74, 6) is 1.04. The fourth-order valence-corrected chi connectivity index (χ4v) is 1.10. The molecule has 0 bridgehead atoms. The maximum absolute atomic E-state index is 5.11. The minimum absolute atomic E-state index is 0.911. The van der Waals surface area contributed by atoms with Crippen LogP contribution in [0.4, 0.5) is 0 Å². The zero-order valence-corrected chi connectivity index (χ0v) is 6.69. The fourth-order valence-electron chi connectivity index (χ4n) is 1.10. The van der Waals surface area contributed by atoms with Crippen LogP contribution in [0.2, 0.25) is 0 Å². The third kappa shape index (κ3) is 1.52. The van der Waals surface area contributed by atoms with Crippen molar-refractivity contribution in [3.63, 3.8) is 0 Å². The SMILES string of the molecule is COC1=CC(C)=C=C(C)C1. The first kappa shape index (κ1) is 7.17. The molecule has 0 radical (unpaired) electrons. The number of rotatable bonds is 1. The van der Waals surface area contributed by atoms with E-state index in [0.29, 0.717) is 0 Å². The normalized spacial score (nSPS) is 17.3. The lowest BCUT2D eigenvalue weighted by atomic mass is 10.1. The van der Waals surface area contributed by atoms with Gasteiger partial charge in [0.05, 0.1) is 7.11 Å². The first-order chi connectivity index (χ1) is 4.72. The summed E-state index contributed by atoms with van der Waals surface area (Å²) in [5.41, 5.74) is 5.62. The lowest BCUT2D eigenvalue weighted by Crippen LogP contribution is -1.92. The molecule has 10 heavy (non-hydrogen) atoms. The molecule has 0 heterocycles. The van der Waals surface area contributed by atoms with Crippen LogP contribution in [-0.4, -0.2) is 7.11 Å². The summed E-state index contributed by atoms with van der Waals surface area (Å²) in [7, 11) is 1.71. The van der Waals surface area contributed by atoms with E-state index < -0.39 is 0 Å². The van der Waals surface area contributed by atoms with Crippen LogP contribution in [-0.2, 0) is 4.74 Å². The lowest BCUT2D eigenvalue weighted by Gasteiger charge is -2.08. The van der Waals surface area contributed by atoms with Gasteiger partial charge in [-0.1, -0.05) is 0 Å². The van der Waals surface area contributed by atoms with Crippen molar-refractivity contribution in [2.24, 2.45) is 0 Å². The molecule has 0 fully saturated rings. The fraction of sp³-hybridized carbons (Fsp3) is 0.444. The minimum Gasteiger partial charge on any atom is -0.501 e. The highest BCUT2D eigenvalue weighted by molar-refractivity contribution is 5.27. The topological polar surface area (TPSA) is 9.23 Å². The Labute approximate surface area is 61.7 Å². The molecule has 0 aromatic carbocycles. The molecule has 1 heteroatoms. The molecule has 0 atom stereocenters. The lowest BCUT2D eigenvalue weighted by molar-refractivity contribution is 0.282. The number of allylic oxidation sites excluding steroid dienone is 2. The van der Waals surface area contributed by atoms with Crippen LogP contribution >= 0.6 is 0 Å². The summed E-state index contributed by atoms with van der Waals surface area (Å²) in [6.07, 6.45) is 2.93. The van der Waals surface area contributed by atoms with E-state index in [4.69, 9.17) is 4.74 Å². The van der Waals surface area contributed by atoms with E-state index in [9.17, 15) is 0 Å². The molecule has 0 unspecified atom stereocenters. The minimum atomic E-state index is 0.911. The maximum Gasteiger partial charge on any atom is 0.101 e. The van der Waals surface area contributed by atoms with Crippen LogP contribution in [0.1, 0.15) is 20.3 Å². The van der Waals surface area contributed by atoms with Gasteiger partial charge in [-0.25, -0.2) is 0 Å². The van der Waals surface area contributed by atoms with Gasteiger partial charge in [-0.2, -0.15) is 0 Å². The summed E-state index contributed by atoms with van der Waals surface area (Å²) in [6.45, 7) is 4.09. The van der Waals surface area contributed by atoms with Crippen molar-refractivity contribution in [1.29, 1.82) is 0 Å². The predicted molar refractivity (Wildman–Crippen MR) is 41.6 cm³/mol. The van der Waals surface area contributed by atoms with E-state index in [1.807, 2.05) is 13.0 Å². The Morgan fingerprint density at radius 1 is 1.50 bits per heavy atom. The average molecular weight is 136 g/mol. The quantitative estimate of drug-likeness (QED) is 0.503. The van der Waals surface area contributed by atoms with Gasteiger partial charge in [0.1, 0.15) is 5.76 Å². The van der Waals surface area contributed by atoms with E-state index in [0.717, 1.165) is 17.8 Å². The Morgan fingerprint density at radius 3 is 2.70 bits per heavy atom. The van der Waals surface area contributed by atoms with E-state index in [-0.39, 0.29) is 0 Å². The maximum atomic E-state index is 5.11. The van der Waals surface area contributed by atoms with E-state index in [1.54, 1.807) is 7.11 Å². The van der Waals surface area contributed by atoms with Gasteiger partial charge in [0, 0.05) is 6.42 Å². The van der Waals surface area contributed by atoms with E-state index >= 15 is 0 Å². The van der Waals surface area contributed by atoms with Gasteiger partial charge in [-0.15, -0.1) is 5.73 Å². The van der Waals surface area contributed by atoms with Crippen molar-refractivity contribution in [3.05, 3.63) is 28.7 Å². The standard InChI is InChI=1S/C9H12O/c1-7-4-8(2)6-9(5-7)10-3/h5H,6H2,1-3H3. The number of hydrogen-bond acceptors (Lipinski definition) is 1. The van der Waals surface area contributed by atoms with Gasteiger partial charge < -0.3 is 4.74 Å². The van der Waals surface area contributed by atoms with E-state index in [1.165, 1.54) is 5.57 Å². The second kappa shape index (κ2) is 2.76. The highest BCUT2D eigenvalue weighted by Gasteiger charge is 2.02. The highest BCUT2D eigenvalue weighted by atomic mass is 16.5. The van der Waals surface area contributed by atoms with Gasteiger partial charge in [0.25, 0.3) is 0 Å². The van der Waals surface area contributed by atoms with Crippen molar-refractivity contribution >= 4 is 0 Å². The van der Waals surface area contributed by atoms with Gasteiger partial charge in [-0.3, -0.25) is 0 Å². The number of hydrogen-bond donors (Lipinski definition) is 0. The van der Waals surface area contributed by atoms with Crippen molar-refractivity contribution in [3.8, 4) is 0 Å². The molecule has 0 saturated carbocycles. The number of methoxy groups -OCH3 is 1. The second-order valence-electron chi connectivity index (χ2n) is 2.58. The Balaban J connectivity index is 2.88. The molecule has 54 valence electrons. The van der Waals surface area contributed by atoms with Gasteiger partial charge in [0.2, 0.25) is 0 Å². The molecular formula is C9H12O. The highest BCUT2D eigenvalue weighted by Crippen LogP contribution is 2.17. The third-order valence-electron chi connectivity index (χ3n) is 1.49. The second-order valence-corrected chi connectivity index (χ2v) is 2.58. The molecule has 0 aromatic heterocycles. The largest absolute Gasteiger partial charge is 0.501 e. The van der Waals surface area contributed by atoms with Gasteiger partial charge >= 0.3 is 0 Å². The first-order valence-corrected chi connectivity index (χ1v) is 3.40. The smallest absolute Gasteiger partial charge is 0.101 e. The molecule has 0 aromatic rings. The van der Waals surface area contributed by atoms with Crippen molar-refractivity contribution in [2.45, 2.75) is 20.3 Å². The zero-order chi connectivity index (χ0) is 7.56. The zero-order valence-electron chi connectivity index (χ0n) is 6.69. The Hall–Kier alpha value is -0.940. The molecule has 0 N–H and O–H groups in total. The summed E-state index contributed by atoms with van der Waals surface area (Å²) < 4.78 is 5.11. The van der Waals surface area contributed by atoms with E-state index in [2.05, 4.69) is 12.7 Å². The Bertz CT molecular complexity index is 227. The Kier molecular flexibility index (Phi) is 1.98. The predicted octanol–water partition coefficient (Wildman–Crippen LogP) is 2.41. The van der Waals surface area contributed by atoms with Gasteiger partial charge in [0.15, 0.2) is 0 Å². The van der Waals surface area contributed by atoms with Crippen molar-refractivity contribution < 1.29 is 4.74 Å². The van der Waals surface area contributed by atoms with Crippen LogP contribution < -0.4 is 0 Å². The summed E-state index contributed by atoms with van der Waals surface area (Å²) in [4.78, 5) is 0. The molecule has 0 spiro atoms. The molecule has 1 rings (SSSR count). The van der Waals surface area contributed by atoms with Crippen molar-refractivity contribution in [2.75, 3.05) is 7.11 Å². The van der Waals surface area contributed by atoms with Crippen LogP contribution in [0.25, 0.3) is 0 Å². The molecule has 0 aliphatic heterocycles. The molecule has 0 saturated heterocycles. The third-order valence-corrected chi connectivity index (χ3v) is 1.49. The van der Waals surface area contributed by atoms with Crippen LogP contribution in [0, 0.1) is 0 Å². The summed E-state index contributed by atoms with van der Waals surface area (Å²) in [5, 5.41) is 0. The monoisotopic (exact) mass is 136 g/mol. The molecule has 1 aliphatic carbocycles. The first-order valence-electron chi connectivity index (χ1n) is 3.40. The van der Waals surface area contributed by atoms with Crippen LogP contribution in [0.3, 0.4) is 0 Å². The average Bonchev–Trinajstić information content (AvgIpc) is 1.85. The molecule has 1 nitrogen and oxygen atoms in total. The summed E-state index contributed by atoms with van der Waals surface area (Å²) in [6, 6.07) is 0. The van der Waals surface area contributed by atoms with Crippen LogP contribution in [0.5, 0.6) is 0 Å². The van der Waals surface area contributed by atoms with Gasteiger partial charge in [-0.05, 0) is 31.1 Å². The van der Waals surface area contributed by atoms with Crippen molar-refractivity contribution in [1.82, 2.24) is 0 Å². The molecule has 0 amide bonds. The molecule has 1 aliphatic rings. The Morgan fingerprint density at radius 2 is 2.20 bits per heavy atom. The number of ether oxygens (including phenoxy) is 1. The van der Waals surface area contributed by atoms with Crippen LogP contribution in [0.15, 0.2) is 28.7 Å².